The highest BCUT2D eigenvalue weighted by molar-refractivity contribution is 5.58. The number of rotatable bonds is 5. The van der Waals surface area contributed by atoms with Crippen molar-refractivity contribution >= 4 is 11.4 Å². The summed E-state index contributed by atoms with van der Waals surface area (Å²) in [7, 11) is 3.02. The molecule has 0 amide bonds. The molecular formula is C18H20N4O4. The molecule has 0 radical (unpaired) electrons. The molecule has 0 spiro atoms. The third kappa shape index (κ3) is 3.37. The molecule has 1 aromatic heterocycles. The average molecular weight is 356 g/mol. The molecule has 0 bridgehead atoms. The van der Waals surface area contributed by atoms with E-state index in [0.29, 0.717) is 17.2 Å². The van der Waals surface area contributed by atoms with Gasteiger partial charge in [-0.2, -0.15) is 5.26 Å². The molecule has 0 aliphatic carbocycles. The summed E-state index contributed by atoms with van der Waals surface area (Å²) in [4.78, 5) is 12.7. The zero-order valence-corrected chi connectivity index (χ0v) is 15.3. The first-order chi connectivity index (χ1) is 12.3. The Morgan fingerprint density at radius 1 is 1.23 bits per heavy atom. The molecule has 0 atom stereocenters. The molecule has 0 fully saturated rings. The van der Waals surface area contributed by atoms with Crippen LogP contribution in [0.5, 0.6) is 17.4 Å². The number of benzene rings is 1. The Morgan fingerprint density at radius 2 is 1.92 bits per heavy atom. The van der Waals surface area contributed by atoms with Crippen molar-refractivity contribution in [2.24, 2.45) is 10.2 Å². The fraction of sp³-hybridized carbons (Fsp3) is 0.333. The summed E-state index contributed by atoms with van der Waals surface area (Å²) in [6, 6.07) is 6.54. The fourth-order valence-electron chi connectivity index (χ4n) is 2.48. The summed E-state index contributed by atoms with van der Waals surface area (Å²) < 4.78 is 11.5. The second-order valence-corrected chi connectivity index (χ2v) is 5.79. The SMILES string of the molecule is COc1ccc(N=Nc2c(C)c(C#N)c(O)n(C(C)C)c2=O)c(OC)c1. The minimum Gasteiger partial charge on any atom is -0.497 e. The van der Waals surface area contributed by atoms with E-state index in [1.54, 1.807) is 39.0 Å². The van der Waals surface area contributed by atoms with E-state index in [1.165, 1.54) is 14.2 Å². The van der Waals surface area contributed by atoms with Gasteiger partial charge in [-0.1, -0.05) is 0 Å². The van der Waals surface area contributed by atoms with Gasteiger partial charge in [0.25, 0.3) is 5.56 Å². The minimum atomic E-state index is -0.523. The van der Waals surface area contributed by atoms with Gasteiger partial charge in [0.05, 0.1) is 14.2 Å². The van der Waals surface area contributed by atoms with Crippen molar-refractivity contribution in [1.82, 2.24) is 4.57 Å². The number of nitrogens with zero attached hydrogens (tertiary/aromatic N) is 4. The van der Waals surface area contributed by atoms with Crippen LogP contribution in [0.4, 0.5) is 11.4 Å². The molecule has 0 aliphatic rings. The molecule has 0 saturated carbocycles. The average Bonchev–Trinajstić information content (AvgIpc) is 2.61. The number of ether oxygens (including phenoxy) is 2. The van der Waals surface area contributed by atoms with Crippen LogP contribution in [0, 0.1) is 18.3 Å². The highest BCUT2D eigenvalue weighted by atomic mass is 16.5. The number of methoxy groups -OCH3 is 2. The predicted octanol–water partition coefficient (Wildman–Crippen LogP) is 3.75. The molecule has 0 unspecified atom stereocenters. The van der Waals surface area contributed by atoms with Crippen molar-refractivity contribution in [2.45, 2.75) is 26.8 Å². The first kappa shape index (κ1) is 19.0. The minimum absolute atomic E-state index is 0.00561. The zero-order valence-electron chi connectivity index (χ0n) is 15.3. The van der Waals surface area contributed by atoms with Crippen LogP contribution in [-0.4, -0.2) is 23.9 Å². The van der Waals surface area contributed by atoms with Crippen LogP contribution in [0.2, 0.25) is 0 Å². The van der Waals surface area contributed by atoms with E-state index < -0.39 is 5.56 Å². The first-order valence-corrected chi connectivity index (χ1v) is 7.87. The van der Waals surface area contributed by atoms with E-state index in [9.17, 15) is 15.2 Å². The lowest BCUT2D eigenvalue weighted by atomic mass is 10.1. The molecule has 1 aromatic carbocycles. The Labute approximate surface area is 150 Å². The Balaban J connectivity index is 2.64. The van der Waals surface area contributed by atoms with Crippen molar-refractivity contribution in [2.75, 3.05) is 14.2 Å². The van der Waals surface area contributed by atoms with Crippen LogP contribution in [0.15, 0.2) is 33.2 Å². The summed E-state index contributed by atoms with van der Waals surface area (Å²) in [5.41, 5.74) is 0.128. The predicted molar refractivity (Wildman–Crippen MR) is 95.9 cm³/mol. The maximum Gasteiger partial charge on any atom is 0.281 e. The standard InChI is InChI=1S/C18H20N4O4/c1-10(2)22-17(23)13(9-19)11(3)16(18(22)24)21-20-14-7-6-12(25-4)8-15(14)26-5/h6-8,10,23H,1-5H3. The molecule has 1 N–H and O–H groups in total. The molecule has 8 heteroatoms. The van der Waals surface area contributed by atoms with E-state index in [2.05, 4.69) is 10.2 Å². The quantitative estimate of drug-likeness (QED) is 0.821. The monoisotopic (exact) mass is 356 g/mol. The van der Waals surface area contributed by atoms with Gasteiger partial charge in [-0.25, -0.2) is 0 Å². The van der Waals surface area contributed by atoms with E-state index in [-0.39, 0.29) is 28.7 Å². The summed E-state index contributed by atoms with van der Waals surface area (Å²) in [6.45, 7) is 5.00. The van der Waals surface area contributed by atoms with Crippen molar-refractivity contribution in [3.05, 3.63) is 39.7 Å². The van der Waals surface area contributed by atoms with Gasteiger partial charge in [0, 0.05) is 17.7 Å². The topological polar surface area (TPSA) is 109 Å². The summed E-state index contributed by atoms with van der Waals surface area (Å²) >= 11 is 0. The van der Waals surface area contributed by atoms with Crippen LogP contribution < -0.4 is 15.0 Å². The van der Waals surface area contributed by atoms with Gasteiger partial charge in [-0.05, 0) is 32.9 Å². The van der Waals surface area contributed by atoms with E-state index in [4.69, 9.17) is 9.47 Å². The van der Waals surface area contributed by atoms with E-state index in [0.717, 1.165) is 4.57 Å². The van der Waals surface area contributed by atoms with Crippen molar-refractivity contribution in [3.8, 4) is 23.4 Å². The summed E-state index contributed by atoms with van der Waals surface area (Å²) in [5, 5.41) is 27.7. The second kappa shape index (κ2) is 7.70. The first-order valence-electron chi connectivity index (χ1n) is 7.87. The molecular weight excluding hydrogens is 336 g/mol. The Hall–Kier alpha value is -3.34. The van der Waals surface area contributed by atoms with Gasteiger partial charge in [-0.15, -0.1) is 10.2 Å². The largest absolute Gasteiger partial charge is 0.497 e. The van der Waals surface area contributed by atoms with Gasteiger partial charge >= 0.3 is 0 Å². The van der Waals surface area contributed by atoms with Crippen LogP contribution in [0.25, 0.3) is 0 Å². The van der Waals surface area contributed by atoms with Crippen LogP contribution in [0.3, 0.4) is 0 Å². The lowest BCUT2D eigenvalue weighted by Gasteiger charge is -2.15. The number of nitriles is 1. The zero-order chi connectivity index (χ0) is 19.4. The van der Waals surface area contributed by atoms with Gasteiger partial charge < -0.3 is 14.6 Å². The molecule has 0 aliphatic heterocycles. The van der Waals surface area contributed by atoms with E-state index >= 15 is 0 Å². The lowest BCUT2D eigenvalue weighted by Crippen LogP contribution is -2.23. The van der Waals surface area contributed by atoms with Crippen LogP contribution in [-0.2, 0) is 0 Å². The van der Waals surface area contributed by atoms with Gasteiger partial charge in [0.15, 0.2) is 5.69 Å². The van der Waals surface area contributed by atoms with Crippen molar-refractivity contribution in [3.63, 3.8) is 0 Å². The molecule has 2 rings (SSSR count). The maximum atomic E-state index is 12.7. The number of hydrogen-bond donors (Lipinski definition) is 1. The number of azo groups is 1. The molecule has 136 valence electrons. The normalized spacial score (nSPS) is 11.0. The Morgan fingerprint density at radius 3 is 2.46 bits per heavy atom. The molecule has 8 nitrogen and oxygen atoms in total. The van der Waals surface area contributed by atoms with Crippen LogP contribution >= 0.6 is 0 Å². The smallest absolute Gasteiger partial charge is 0.281 e. The molecule has 26 heavy (non-hydrogen) atoms. The highest BCUT2D eigenvalue weighted by Crippen LogP contribution is 2.34. The fourth-order valence-corrected chi connectivity index (χ4v) is 2.48. The second-order valence-electron chi connectivity index (χ2n) is 5.79. The Bertz CT molecular complexity index is 955. The van der Waals surface area contributed by atoms with Crippen LogP contribution in [0.1, 0.15) is 31.0 Å². The van der Waals surface area contributed by atoms with Gasteiger partial charge in [-0.3, -0.25) is 9.36 Å². The lowest BCUT2D eigenvalue weighted by molar-refractivity contribution is 0.386. The number of aromatic nitrogens is 1. The summed E-state index contributed by atoms with van der Waals surface area (Å²) in [6.07, 6.45) is 0. The Kier molecular flexibility index (Phi) is 5.62. The number of pyridine rings is 1. The third-order valence-electron chi connectivity index (χ3n) is 3.88. The highest BCUT2D eigenvalue weighted by Gasteiger charge is 2.20. The maximum absolute atomic E-state index is 12.7. The third-order valence-corrected chi connectivity index (χ3v) is 3.88. The van der Waals surface area contributed by atoms with Crippen molar-refractivity contribution < 1.29 is 14.6 Å². The number of aromatic hydroxyl groups is 1. The van der Waals surface area contributed by atoms with Gasteiger partial charge in [0.2, 0.25) is 5.88 Å². The van der Waals surface area contributed by atoms with Crippen molar-refractivity contribution in [1.29, 1.82) is 5.26 Å². The molecule has 1 heterocycles. The number of hydrogen-bond acceptors (Lipinski definition) is 7. The molecule has 0 saturated heterocycles. The molecule has 2 aromatic rings. The van der Waals surface area contributed by atoms with Gasteiger partial charge in [0.1, 0.15) is 28.8 Å². The summed E-state index contributed by atoms with van der Waals surface area (Å²) in [5.74, 6) is 0.649. The van der Waals surface area contributed by atoms with E-state index in [1.807, 2.05) is 6.07 Å².